The number of hydrogen-bond donors (Lipinski definition) is 0. The Morgan fingerprint density at radius 1 is 1.39 bits per heavy atom. The molecule has 0 N–H and O–H groups in total. The van der Waals surface area contributed by atoms with Gasteiger partial charge in [0.25, 0.3) is 0 Å². The van der Waals surface area contributed by atoms with Crippen LogP contribution in [-0.4, -0.2) is 43.9 Å². The van der Waals surface area contributed by atoms with Crippen LogP contribution in [0, 0.1) is 6.92 Å². The highest BCUT2D eigenvalue weighted by Crippen LogP contribution is 2.27. The zero-order valence-corrected chi connectivity index (χ0v) is 17.6. The minimum atomic E-state index is -1.03. The highest BCUT2D eigenvalue weighted by atomic mass is 35.5. The minimum Gasteiger partial charge on any atom is -0.465 e. The molecule has 1 aromatic carbocycles. The van der Waals surface area contributed by atoms with E-state index in [1.807, 2.05) is 19.1 Å². The fourth-order valence-corrected chi connectivity index (χ4v) is 4.37. The molecule has 0 aliphatic rings. The molecular formula is C18H17ClN4O3S2. The number of thiazole rings is 1. The first-order chi connectivity index (χ1) is 13.5. The number of benzene rings is 1. The van der Waals surface area contributed by atoms with Gasteiger partial charge in [0.05, 0.1) is 18.0 Å². The molecule has 0 spiro atoms. The van der Waals surface area contributed by atoms with Crippen LogP contribution in [0.5, 0.6) is 0 Å². The molecule has 1 unspecified atom stereocenters. The summed E-state index contributed by atoms with van der Waals surface area (Å²) in [6.07, 6.45) is 1.55. The van der Waals surface area contributed by atoms with Crippen molar-refractivity contribution in [3.8, 4) is 5.69 Å². The fraction of sp³-hybridized carbons (Fsp3) is 0.278. The van der Waals surface area contributed by atoms with Gasteiger partial charge in [-0.15, -0.1) is 21.5 Å². The fourth-order valence-electron chi connectivity index (χ4n) is 2.45. The topological polar surface area (TPSA) is 87.0 Å². The Labute approximate surface area is 175 Å². The summed E-state index contributed by atoms with van der Waals surface area (Å²) in [5.41, 5.74) is 1.54. The molecule has 7 nitrogen and oxygen atoms in total. The molecule has 0 fully saturated rings. The number of carbonyl (C=O) groups is 2. The lowest BCUT2D eigenvalue weighted by atomic mass is 10.1. The molecule has 0 aliphatic heterocycles. The van der Waals surface area contributed by atoms with Gasteiger partial charge in [0, 0.05) is 16.1 Å². The summed E-state index contributed by atoms with van der Waals surface area (Å²) in [5.74, 6) is -1.88. The van der Waals surface area contributed by atoms with Crippen LogP contribution in [-0.2, 0) is 14.3 Å². The van der Waals surface area contributed by atoms with E-state index < -0.39 is 11.9 Å². The first-order valence-corrected chi connectivity index (χ1v) is 10.6. The monoisotopic (exact) mass is 436 g/mol. The predicted octanol–water partition coefficient (Wildman–Crippen LogP) is 3.69. The van der Waals surface area contributed by atoms with Crippen molar-refractivity contribution in [3.63, 3.8) is 0 Å². The lowest BCUT2D eigenvalue weighted by Gasteiger charge is -2.12. The van der Waals surface area contributed by atoms with Crippen LogP contribution < -0.4 is 0 Å². The molecule has 3 rings (SSSR count). The van der Waals surface area contributed by atoms with E-state index in [2.05, 4.69) is 15.2 Å². The van der Waals surface area contributed by atoms with E-state index in [0.717, 1.165) is 11.4 Å². The van der Waals surface area contributed by atoms with Gasteiger partial charge in [-0.3, -0.25) is 14.2 Å². The van der Waals surface area contributed by atoms with Crippen LogP contribution in [0.25, 0.3) is 5.69 Å². The van der Waals surface area contributed by atoms with Gasteiger partial charge in [-0.1, -0.05) is 29.4 Å². The normalized spacial score (nSPS) is 12.0. The second-order valence-corrected chi connectivity index (χ2v) is 8.00. The third kappa shape index (κ3) is 4.78. The standard InChI is InChI=1S/C18H17ClN4O3S2/c1-3-26-17(25)15(16-21-11(2)8-27-16)14(24)9-28-18-22-20-10-23(18)13-6-4-5-12(19)7-13/h4-8,10,15H,3,9H2,1-2H3. The van der Waals surface area contributed by atoms with Gasteiger partial charge in [0.1, 0.15) is 11.3 Å². The van der Waals surface area contributed by atoms with Gasteiger partial charge < -0.3 is 4.74 Å². The second-order valence-electron chi connectivity index (χ2n) is 5.73. The number of esters is 1. The molecule has 0 bridgehead atoms. The van der Waals surface area contributed by atoms with E-state index in [1.165, 1.54) is 23.1 Å². The van der Waals surface area contributed by atoms with E-state index in [0.29, 0.717) is 15.2 Å². The number of aromatic nitrogens is 4. The van der Waals surface area contributed by atoms with Crippen LogP contribution in [0.4, 0.5) is 0 Å². The Bertz CT molecular complexity index is 989. The van der Waals surface area contributed by atoms with Crippen molar-refractivity contribution >= 4 is 46.5 Å². The Morgan fingerprint density at radius 3 is 2.89 bits per heavy atom. The van der Waals surface area contributed by atoms with Gasteiger partial charge in [0.2, 0.25) is 0 Å². The van der Waals surface area contributed by atoms with Crippen molar-refractivity contribution < 1.29 is 14.3 Å². The number of hydrogen-bond acceptors (Lipinski definition) is 8. The average Bonchev–Trinajstić information content (AvgIpc) is 3.29. The van der Waals surface area contributed by atoms with Crippen LogP contribution in [0.2, 0.25) is 5.02 Å². The van der Waals surface area contributed by atoms with Gasteiger partial charge >= 0.3 is 5.97 Å². The van der Waals surface area contributed by atoms with E-state index in [4.69, 9.17) is 16.3 Å². The number of aryl methyl sites for hydroxylation is 1. The summed E-state index contributed by atoms with van der Waals surface area (Å²) in [5, 5.41) is 11.3. The zero-order chi connectivity index (χ0) is 20.1. The molecule has 10 heteroatoms. The number of halogens is 1. The molecular weight excluding hydrogens is 420 g/mol. The minimum absolute atomic E-state index is 0.0291. The van der Waals surface area contributed by atoms with Gasteiger partial charge in [-0.2, -0.15) is 0 Å². The number of thioether (sulfide) groups is 1. The lowest BCUT2D eigenvalue weighted by molar-refractivity contribution is -0.147. The van der Waals surface area contributed by atoms with Crippen molar-refractivity contribution in [2.75, 3.05) is 12.4 Å². The number of Topliss-reactive ketones (excluding diaryl/α,β-unsaturated/α-hetero) is 1. The third-order valence-electron chi connectivity index (χ3n) is 3.67. The van der Waals surface area contributed by atoms with Crippen LogP contribution >= 0.6 is 34.7 Å². The summed E-state index contributed by atoms with van der Waals surface area (Å²) in [6, 6.07) is 7.22. The molecule has 1 atom stereocenters. The summed E-state index contributed by atoms with van der Waals surface area (Å²) >= 11 is 8.51. The van der Waals surface area contributed by atoms with Crippen LogP contribution in [0.3, 0.4) is 0 Å². The maximum atomic E-state index is 12.8. The molecule has 0 saturated carbocycles. The first kappa shape index (κ1) is 20.5. The molecule has 2 heterocycles. The van der Waals surface area contributed by atoms with Crippen molar-refractivity contribution in [2.24, 2.45) is 0 Å². The maximum Gasteiger partial charge on any atom is 0.323 e. The third-order valence-corrected chi connectivity index (χ3v) is 5.90. The van der Waals surface area contributed by atoms with Crippen LogP contribution in [0.15, 0.2) is 41.1 Å². The Hall–Kier alpha value is -2.23. The molecule has 0 aliphatic carbocycles. The summed E-state index contributed by atoms with van der Waals surface area (Å²) in [6.45, 7) is 3.72. The highest BCUT2D eigenvalue weighted by Gasteiger charge is 2.32. The quantitative estimate of drug-likeness (QED) is 0.302. The van der Waals surface area contributed by atoms with Gasteiger partial charge in [-0.25, -0.2) is 4.98 Å². The van der Waals surface area contributed by atoms with E-state index in [-0.39, 0.29) is 18.1 Å². The molecule has 28 heavy (non-hydrogen) atoms. The first-order valence-electron chi connectivity index (χ1n) is 8.39. The van der Waals surface area contributed by atoms with E-state index in [1.54, 1.807) is 35.3 Å². The smallest absolute Gasteiger partial charge is 0.323 e. The van der Waals surface area contributed by atoms with Crippen LogP contribution in [0.1, 0.15) is 23.5 Å². The van der Waals surface area contributed by atoms with Crippen molar-refractivity contribution in [1.82, 2.24) is 19.7 Å². The number of ether oxygens (including phenoxy) is 1. The maximum absolute atomic E-state index is 12.8. The molecule has 0 amide bonds. The highest BCUT2D eigenvalue weighted by molar-refractivity contribution is 7.99. The molecule has 0 saturated heterocycles. The largest absolute Gasteiger partial charge is 0.465 e. The molecule has 3 aromatic rings. The lowest BCUT2D eigenvalue weighted by Crippen LogP contribution is -2.25. The molecule has 0 radical (unpaired) electrons. The average molecular weight is 437 g/mol. The molecule has 146 valence electrons. The number of carbonyl (C=O) groups excluding carboxylic acids is 2. The second kappa shape index (κ2) is 9.31. The Balaban J connectivity index is 1.77. The Kier molecular flexibility index (Phi) is 6.82. The SMILES string of the molecule is CCOC(=O)C(C(=O)CSc1nncn1-c1cccc(Cl)c1)c1nc(C)cs1. The van der Waals surface area contributed by atoms with E-state index >= 15 is 0 Å². The van der Waals surface area contributed by atoms with Crippen molar-refractivity contribution in [1.29, 1.82) is 0 Å². The number of rotatable bonds is 8. The zero-order valence-electron chi connectivity index (χ0n) is 15.2. The predicted molar refractivity (Wildman–Crippen MR) is 108 cm³/mol. The van der Waals surface area contributed by atoms with Gasteiger partial charge in [-0.05, 0) is 32.0 Å². The van der Waals surface area contributed by atoms with Crippen molar-refractivity contribution in [3.05, 3.63) is 51.7 Å². The van der Waals surface area contributed by atoms with Gasteiger partial charge in [0.15, 0.2) is 16.9 Å². The van der Waals surface area contributed by atoms with Crippen molar-refractivity contribution in [2.45, 2.75) is 24.9 Å². The summed E-state index contributed by atoms with van der Waals surface area (Å²) in [7, 11) is 0. The number of nitrogens with zero attached hydrogens (tertiary/aromatic N) is 4. The summed E-state index contributed by atoms with van der Waals surface area (Å²) in [4.78, 5) is 29.5. The van der Waals surface area contributed by atoms with E-state index in [9.17, 15) is 9.59 Å². The number of ketones is 1. The molecule has 2 aromatic heterocycles. The summed E-state index contributed by atoms with van der Waals surface area (Å²) < 4.78 is 6.81. The Morgan fingerprint density at radius 2 is 2.21 bits per heavy atom.